The lowest BCUT2D eigenvalue weighted by Gasteiger charge is -1.91. The zero-order valence-electron chi connectivity index (χ0n) is 6.78. The van der Waals surface area contributed by atoms with E-state index in [0.717, 1.165) is 5.56 Å². The van der Waals surface area contributed by atoms with Crippen molar-refractivity contribution in [1.82, 2.24) is 10.2 Å². The van der Waals surface area contributed by atoms with Crippen molar-refractivity contribution in [3.63, 3.8) is 0 Å². The van der Waals surface area contributed by atoms with Crippen LogP contribution in [0.15, 0.2) is 41.3 Å². The molecule has 0 bridgehead atoms. The van der Waals surface area contributed by atoms with Crippen LogP contribution in [0.3, 0.4) is 0 Å². The zero-order chi connectivity index (χ0) is 8.39. The van der Waals surface area contributed by atoms with Crippen LogP contribution in [0.4, 0.5) is 0 Å². The summed E-state index contributed by atoms with van der Waals surface area (Å²) in [5, 5.41) is 5.15. The Bertz CT molecular complexity index is 418. The summed E-state index contributed by atoms with van der Waals surface area (Å²) < 4.78 is 0. The van der Waals surface area contributed by atoms with E-state index in [0.29, 0.717) is 5.56 Å². The Morgan fingerprint density at radius 3 is 2.31 bits per heavy atom. The lowest BCUT2D eigenvalue weighted by molar-refractivity contribution is 1.06. The molecular weight excluding hydrogens is 188 g/mol. The molecular formula is C9H9ClN2O. The third-order valence-electron chi connectivity index (χ3n) is 1.73. The SMILES string of the molecule is Cl.O=c1[nH][nH]cc1-c1ccccc1. The van der Waals surface area contributed by atoms with Gasteiger partial charge in [-0.05, 0) is 5.56 Å². The molecule has 0 atom stereocenters. The monoisotopic (exact) mass is 196 g/mol. The molecule has 0 aliphatic carbocycles. The van der Waals surface area contributed by atoms with Crippen molar-refractivity contribution in [1.29, 1.82) is 0 Å². The van der Waals surface area contributed by atoms with Crippen LogP contribution in [0.2, 0.25) is 0 Å². The minimum absolute atomic E-state index is 0. The molecule has 1 aromatic heterocycles. The van der Waals surface area contributed by atoms with Gasteiger partial charge in [-0.1, -0.05) is 30.3 Å². The Balaban J connectivity index is 0.000000845. The Labute approximate surface area is 81.2 Å². The summed E-state index contributed by atoms with van der Waals surface area (Å²) in [5.74, 6) is 0. The van der Waals surface area contributed by atoms with Crippen LogP contribution in [-0.4, -0.2) is 10.2 Å². The van der Waals surface area contributed by atoms with Gasteiger partial charge in [0.05, 0.1) is 5.56 Å². The first-order chi connectivity index (χ1) is 5.88. The van der Waals surface area contributed by atoms with E-state index in [1.54, 1.807) is 6.20 Å². The molecule has 2 rings (SSSR count). The molecule has 0 radical (unpaired) electrons. The van der Waals surface area contributed by atoms with E-state index in [1.807, 2.05) is 30.3 Å². The summed E-state index contributed by atoms with van der Waals surface area (Å²) in [5.41, 5.74) is 1.52. The second-order valence-electron chi connectivity index (χ2n) is 2.52. The molecule has 0 aliphatic rings. The first kappa shape index (κ1) is 9.61. The van der Waals surface area contributed by atoms with Crippen LogP contribution in [0.1, 0.15) is 0 Å². The average molecular weight is 197 g/mol. The summed E-state index contributed by atoms with van der Waals surface area (Å²) in [7, 11) is 0. The van der Waals surface area contributed by atoms with Gasteiger partial charge in [-0.3, -0.25) is 9.89 Å². The van der Waals surface area contributed by atoms with Gasteiger partial charge in [0.25, 0.3) is 5.56 Å². The van der Waals surface area contributed by atoms with Gasteiger partial charge in [0, 0.05) is 6.20 Å². The predicted molar refractivity (Wildman–Crippen MR) is 54.1 cm³/mol. The molecule has 0 spiro atoms. The molecule has 13 heavy (non-hydrogen) atoms. The van der Waals surface area contributed by atoms with Crippen molar-refractivity contribution in [3.8, 4) is 11.1 Å². The quantitative estimate of drug-likeness (QED) is 0.718. The lowest BCUT2D eigenvalue weighted by Crippen LogP contribution is -2.00. The Morgan fingerprint density at radius 1 is 1.08 bits per heavy atom. The molecule has 4 heteroatoms. The maximum absolute atomic E-state index is 11.1. The van der Waals surface area contributed by atoms with Crippen molar-refractivity contribution in [2.45, 2.75) is 0 Å². The van der Waals surface area contributed by atoms with E-state index in [4.69, 9.17) is 0 Å². The number of benzene rings is 1. The standard InChI is InChI=1S/C9H8N2O.ClH/c12-9-8(6-10-11-9)7-4-2-1-3-5-7;/h1-6H,(H2,10,11,12);1H. The number of nitrogens with one attached hydrogen (secondary N) is 2. The number of aromatic amines is 2. The molecule has 0 saturated heterocycles. The highest BCUT2D eigenvalue weighted by atomic mass is 35.5. The van der Waals surface area contributed by atoms with E-state index in [2.05, 4.69) is 10.2 Å². The van der Waals surface area contributed by atoms with E-state index in [-0.39, 0.29) is 18.0 Å². The third-order valence-corrected chi connectivity index (χ3v) is 1.73. The molecule has 0 saturated carbocycles. The van der Waals surface area contributed by atoms with Crippen molar-refractivity contribution in [2.24, 2.45) is 0 Å². The summed E-state index contributed by atoms with van der Waals surface area (Å²) in [4.78, 5) is 11.1. The van der Waals surface area contributed by atoms with Crippen LogP contribution in [-0.2, 0) is 0 Å². The fraction of sp³-hybridized carbons (Fsp3) is 0. The Morgan fingerprint density at radius 2 is 1.77 bits per heavy atom. The highest BCUT2D eigenvalue weighted by molar-refractivity contribution is 5.85. The van der Waals surface area contributed by atoms with Crippen LogP contribution < -0.4 is 5.56 Å². The Hall–Kier alpha value is -1.48. The van der Waals surface area contributed by atoms with Crippen molar-refractivity contribution in [2.75, 3.05) is 0 Å². The highest BCUT2D eigenvalue weighted by Gasteiger charge is 2.00. The summed E-state index contributed by atoms with van der Waals surface area (Å²) in [6.07, 6.45) is 1.66. The van der Waals surface area contributed by atoms with Gasteiger partial charge in [0.15, 0.2) is 0 Å². The van der Waals surface area contributed by atoms with E-state index in [9.17, 15) is 4.79 Å². The predicted octanol–water partition coefficient (Wildman–Crippen LogP) is 1.79. The fourth-order valence-corrected chi connectivity index (χ4v) is 1.14. The van der Waals surface area contributed by atoms with Crippen LogP contribution >= 0.6 is 12.4 Å². The van der Waals surface area contributed by atoms with Gasteiger partial charge in [-0.2, -0.15) is 0 Å². The lowest BCUT2D eigenvalue weighted by atomic mass is 10.1. The summed E-state index contributed by atoms with van der Waals surface area (Å²) >= 11 is 0. The maximum Gasteiger partial charge on any atom is 0.271 e. The fourth-order valence-electron chi connectivity index (χ4n) is 1.14. The molecule has 1 heterocycles. The number of H-pyrrole nitrogens is 2. The molecule has 0 amide bonds. The third kappa shape index (κ3) is 1.81. The van der Waals surface area contributed by atoms with Gasteiger partial charge in [-0.25, -0.2) is 0 Å². The van der Waals surface area contributed by atoms with Crippen molar-refractivity contribution < 1.29 is 0 Å². The van der Waals surface area contributed by atoms with E-state index in [1.165, 1.54) is 0 Å². The van der Waals surface area contributed by atoms with E-state index >= 15 is 0 Å². The van der Waals surface area contributed by atoms with E-state index < -0.39 is 0 Å². The number of hydrogen-bond donors (Lipinski definition) is 2. The van der Waals surface area contributed by atoms with Gasteiger partial charge in [-0.15, -0.1) is 12.4 Å². The molecule has 68 valence electrons. The van der Waals surface area contributed by atoms with Crippen molar-refractivity contribution in [3.05, 3.63) is 46.9 Å². The van der Waals surface area contributed by atoms with Crippen LogP contribution in [0.5, 0.6) is 0 Å². The maximum atomic E-state index is 11.1. The average Bonchev–Trinajstić information content (AvgIpc) is 2.53. The largest absolute Gasteiger partial charge is 0.305 e. The highest BCUT2D eigenvalue weighted by Crippen LogP contribution is 2.11. The van der Waals surface area contributed by atoms with Gasteiger partial charge in [0.1, 0.15) is 0 Å². The number of rotatable bonds is 1. The molecule has 0 fully saturated rings. The molecule has 0 unspecified atom stereocenters. The minimum Gasteiger partial charge on any atom is -0.305 e. The van der Waals surface area contributed by atoms with Crippen LogP contribution in [0.25, 0.3) is 11.1 Å². The molecule has 3 nitrogen and oxygen atoms in total. The topological polar surface area (TPSA) is 48.6 Å². The molecule has 2 N–H and O–H groups in total. The number of aromatic nitrogens is 2. The van der Waals surface area contributed by atoms with Crippen molar-refractivity contribution >= 4 is 12.4 Å². The second kappa shape index (κ2) is 3.96. The smallest absolute Gasteiger partial charge is 0.271 e. The molecule has 2 aromatic rings. The van der Waals surface area contributed by atoms with Gasteiger partial charge in [0.2, 0.25) is 0 Å². The Kier molecular flexibility index (Phi) is 2.93. The number of hydrogen-bond acceptors (Lipinski definition) is 1. The van der Waals surface area contributed by atoms with Crippen LogP contribution in [0, 0.1) is 0 Å². The first-order valence-corrected chi connectivity index (χ1v) is 3.69. The van der Waals surface area contributed by atoms with Gasteiger partial charge >= 0.3 is 0 Å². The normalized spacial score (nSPS) is 9.23. The summed E-state index contributed by atoms with van der Waals surface area (Å²) in [6.45, 7) is 0. The molecule has 1 aromatic carbocycles. The number of halogens is 1. The molecule has 0 aliphatic heterocycles. The zero-order valence-corrected chi connectivity index (χ0v) is 7.60. The minimum atomic E-state index is -0.0822. The summed E-state index contributed by atoms with van der Waals surface area (Å²) in [6, 6.07) is 9.53. The van der Waals surface area contributed by atoms with Gasteiger partial charge < -0.3 is 5.10 Å². The second-order valence-corrected chi connectivity index (χ2v) is 2.52. The first-order valence-electron chi connectivity index (χ1n) is 3.69.